The smallest absolute Gasteiger partial charge is 0.489 e. The topological polar surface area (TPSA) is 181 Å². The minimum Gasteiger partial charge on any atom is -0.493 e. The van der Waals surface area contributed by atoms with E-state index in [9.17, 15) is 26.4 Å². The number of imide groups is 1. The van der Waals surface area contributed by atoms with Crippen molar-refractivity contribution in [3.05, 3.63) is 48.0 Å². The molecule has 0 aliphatic carbocycles. The van der Waals surface area contributed by atoms with E-state index >= 15 is 0 Å². The molecule has 0 radical (unpaired) electrons. The number of rotatable bonds is 10. The Morgan fingerprint density at radius 3 is 1.87 bits per heavy atom. The zero-order valence-corrected chi connectivity index (χ0v) is 28.6. The van der Waals surface area contributed by atoms with E-state index in [-0.39, 0.29) is 29.6 Å². The molecule has 45 heavy (non-hydrogen) atoms. The third-order valence-corrected chi connectivity index (χ3v) is 7.89. The Labute approximate surface area is 264 Å². The molecule has 0 aromatic heterocycles. The van der Waals surface area contributed by atoms with Crippen molar-refractivity contribution in [2.45, 2.75) is 75.9 Å². The van der Waals surface area contributed by atoms with E-state index in [4.69, 9.17) is 29.0 Å². The number of nitrogens with zero attached hydrogens (tertiary/aromatic N) is 2. The second-order valence-electron chi connectivity index (χ2n) is 11.9. The van der Waals surface area contributed by atoms with Gasteiger partial charge in [0, 0.05) is 18.7 Å². The van der Waals surface area contributed by atoms with E-state index in [0.717, 1.165) is 17.1 Å². The molecule has 16 heteroatoms. The lowest BCUT2D eigenvalue weighted by atomic mass is 10.2. The number of hydroxylamine groups is 1. The molecule has 0 bridgehead atoms. The number of carbonyl (C=O) groups is 2. The maximum Gasteiger partial charge on any atom is 0.489 e. The molecule has 0 spiro atoms. The van der Waals surface area contributed by atoms with E-state index in [0.29, 0.717) is 16.9 Å². The molecule has 0 heterocycles. The molecule has 2 rings (SSSR count). The Balaban J connectivity index is 2.10. The fraction of sp³-hybridized carbons (Fsp3) is 0.483. The average Bonchev–Trinajstić information content (AvgIpc) is 2.85. The number of benzene rings is 2. The lowest BCUT2D eigenvalue weighted by Crippen LogP contribution is -2.53. The molecule has 2 aromatic rings. The maximum absolute atomic E-state index is 13.0. The second-order valence-corrected chi connectivity index (χ2v) is 15.4. The summed E-state index contributed by atoms with van der Waals surface area (Å²) in [6.45, 7) is 11.7. The summed E-state index contributed by atoms with van der Waals surface area (Å²) in [4.78, 5) is 30.8. The van der Waals surface area contributed by atoms with Gasteiger partial charge in [0.05, 0.1) is 18.6 Å². The van der Waals surface area contributed by atoms with Crippen LogP contribution in [0.1, 0.15) is 53.5 Å². The zero-order valence-electron chi connectivity index (χ0n) is 26.9. The van der Waals surface area contributed by atoms with Gasteiger partial charge < -0.3 is 23.2 Å². The van der Waals surface area contributed by atoms with Crippen molar-refractivity contribution >= 4 is 38.1 Å². The van der Waals surface area contributed by atoms with Gasteiger partial charge in [0.25, 0.3) is 0 Å². The molecule has 0 aliphatic rings. The largest absolute Gasteiger partial charge is 0.493 e. The first kappa shape index (κ1) is 37.1. The molecule has 2 aromatic carbocycles. The zero-order chi connectivity index (χ0) is 34.4. The van der Waals surface area contributed by atoms with E-state index in [1.165, 1.54) is 37.4 Å². The number of guanidine groups is 1. The van der Waals surface area contributed by atoms with E-state index in [1.54, 1.807) is 54.5 Å². The van der Waals surface area contributed by atoms with Gasteiger partial charge in [-0.25, -0.2) is 18.0 Å². The number of aryl methyl sites for hydroxylation is 1. The highest BCUT2D eigenvalue weighted by molar-refractivity contribution is 7.92. The van der Waals surface area contributed by atoms with Crippen molar-refractivity contribution < 1.29 is 54.4 Å². The van der Waals surface area contributed by atoms with E-state index in [2.05, 4.69) is 0 Å². The van der Waals surface area contributed by atoms with Crippen LogP contribution in [0.5, 0.6) is 11.5 Å². The molecule has 0 atom stereocenters. The first-order chi connectivity index (χ1) is 20.5. The summed E-state index contributed by atoms with van der Waals surface area (Å²) in [6, 6.07) is 9.63. The summed E-state index contributed by atoms with van der Waals surface area (Å²) in [5, 5.41) is 0. The van der Waals surface area contributed by atoms with Crippen molar-refractivity contribution in [1.29, 1.82) is 0 Å². The summed E-state index contributed by atoms with van der Waals surface area (Å²) in [7, 11) is -6.94. The molecule has 2 amide bonds. The predicted molar refractivity (Wildman–Crippen MR) is 164 cm³/mol. The van der Waals surface area contributed by atoms with Crippen LogP contribution in [0.15, 0.2) is 52.3 Å². The third-order valence-electron chi connectivity index (χ3n) is 5.29. The molecular weight excluding hydrogens is 630 g/mol. The highest BCUT2D eigenvalue weighted by atomic mass is 32.2. The summed E-state index contributed by atoms with van der Waals surface area (Å²) in [5.74, 6) is -0.174. The fourth-order valence-corrected chi connectivity index (χ4v) is 6.03. The van der Waals surface area contributed by atoms with Gasteiger partial charge in [-0.1, -0.05) is 21.8 Å². The Kier molecular flexibility index (Phi) is 11.9. The third kappa shape index (κ3) is 11.8. The summed E-state index contributed by atoms with van der Waals surface area (Å²) < 4.78 is 72.7. The van der Waals surface area contributed by atoms with Gasteiger partial charge in [-0.2, -0.15) is 8.42 Å². The summed E-state index contributed by atoms with van der Waals surface area (Å²) in [5.41, 5.74) is 4.87. The van der Waals surface area contributed by atoms with E-state index in [1.807, 2.05) is 0 Å². The summed E-state index contributed by atoms with van der Waals surface area (Å²) >= 11 is 0. The van der Waals surface area contributed by atoms with Crippen molar-refractivity contribution in [2.24, 2.45) is 5.73 Å². The number of sulfone groups is 1. The van der Waals surface area contributed by atoms with Gasteiger partial charge in [-0.15, -0.1) is 0 Å². The molecule has 14 nitrogen and oxygen atoms in total. The monoisotopic (exact) mass is 672 g/mol. The Morgan fingerprint density at radius 1 is 0.844 bits per heavy atom. The highest BCUT2D eigenvalue weighted by Gasteiger charge is 2.41. The van der Waals surface area contributed by atoms with Crippen molar-refractivity contribution in [3.8, 4) is 11.5 Å². The Morgan fingerprint density at radius 2 is 1.36 bits per heavy atom. The lowest BCUT2D eigenvalue weighted by Gasteiger charge is -2.25. The first-order valence-corrected chi connectivity index (χ1v) is 17.0. The molecule has 2 N–H and O–H groups in total. The number of carbonyl (C=O) groups excluding carboxylic acids is 2. The Bertz CT molecular complexity index is 1610. The van der Waals surface area contributed by atoms with Crippen LogP contribution in [-0.4, -0.2) is 82.3 Å². The molecular formula is C29H42N3O11S2+. The van der Waals surface area contributed by atoms with Gasteiger partial charge >= 0.3 is 28.3 Å². The lowest BCUT2D eigenvalue weighted by molar-refractivity contribution is -0.771. The van der Waals surface area contributed by atoms with Crippen molar-refractivity contribution in [2.75, 3.05) is 26.5 Å². The van der Waals surface area contributed by atoms with Gasteiger partial charge in [-0.3, -0.25) is 5.73 Å². The quantitative estimate of drug-likeness (QED) is 0.0959. The molecule has 0 saturated heterocycles. The van der Waals surface area contributed by atoms with Crippen LogP contribution < -0.4 is 14.7 Å². The first-order valence-electron chi connectivity index (χ1n) is 13.7. The number of nitrogens with two attached hydrogens (primary N) is 1. The predicted octanol–water partition coefficient (Wildman–Crippen LogP) is 4.00. The minimum atomic E-state index is -4.49. The van der Waals surface area contributed by atoms with Gasteiger partial charge in [-0.05, 0) is 78.3 Å². The van der Waals surface area contributed by atoms with Crippen LogP contribution in [-0.2, 0) is 34.3 Å². The number of amides is 2. The van der Waals surface area contributed by atoms with Crippen LogP contribution >= 0.6 is 0 Å². The van der Waals surface area contributed by atoms with Crippen LogP contribution in [0.25, 0.3) is 0 Å². The van der Waals surface area contributed by atoms with E-state index < -0.39 is 54.2 Å². The van der Waals surface area contributed by atoms with Crippen LogP contribution in [0.4, 0.5) is 9.59 Å². The Hall–Kier alpha value is -4.05. The molecule has 0 aliphatic heterocycles. The van der Waals surface area contributed by atoms with Gasteiger partial charge in [0.2, 0.25) is 0 Å². The summed E-state index contributed by atoms with van der Waals surface area (Å²) in [6.07, 6.45) is -0.883. The van der Waals surface area contributed by atoms with Gasteiger partial charge in [0.15, 0.2) is 9.84 Å². The van der Waals surface area contributed by atoms with Crippen LogP contribution in [0.2, 0.25) is 0 Å². The van der Waals surface area contributed by atoms with Crippen molar-refractivity contribution in [1.82, 2.24) is 4.90 Å². The SMILES string of the molecule is Cc1cc(OCCCO[N+](C)=C(N)N(C(=O)OC(C)(C)C)C(=O)OC(C)(C)C)cc(OS(=O)(=O)c2ccccc2S(C)(=O)=O)c1. The second kappa shape index (κ2) is 14.4. The van der Waals surface area contributed by atoms with Gasteiger partial charge in [0.1, 0.15) is 34.2 Å². The molecule has 250 valence electrons. The van der Waals surface area contributed by atoms with Crippen molar-refractivity contribution in [3.63, 3.8) is 0 Å². The average molecular weight is 673 g/mol. The number of hydrogen-bond acceptors (Lipinski definition) is 11. The maximum atomic E-state index is 13.0. The number of hydrogen-bond donors (Lipinski definition) is 1. The van der Waals surface area contributed by atoms with Crippen LogP contribution in [0, 0.1) is 6.92 Å². The van der Waals surface area contributed by atoms with Crippen LogP contribution in [0.3, 0.4) is 0 Å². The normalized spacial score (nSPS) is 12.9. The highest BCUT2D eigenvalue weighted by Crippen LogP contribution is 2.28. The standard InChI is InChI=1S/C29H41N3O11S2/c1-20-17-21(19-22(18-20)43-45(37,38)24-14-11-10-13-23(24)44(9,35)36)39-15-12-16-40-31(8)25(30)32(26(33)41-28(2,3)4)27(34)42-29(5,6)7/h10-11,13-14,17-19,30H,12,15-16H2,1-9H3/p+1. The fourth-order valence-electron chi connectivity index (χ4n) is 3.51. The number of ether oxygens (including phenoxy) is 3. The minimum absolute atomic E-state index is 0.0412. The molecule has 0 saturated carbocycles. The molecule has 0 fully saturated rings. The molecule has 0 unspecified atom stereocenters.